The van der Waals surface area contributed by atoms with E-state index in [1.54, 1.807) is 7.11 Å². The van der Waals surface area contributed by atoms with Gasteiger partial charge in [-0.25, -0.2) is 0 Å². The second-order valence-electron chi connectivity index (χ2n) is 6.01. The van der Waals surface area contributed by atoms with Crippen LogP contribution in [0, 0.1) is 0 Å². The molecule has 1 heterocycles. The minimum absolute atomic E-state index is 0.310. The van der Waals surface area contributed by atoms with Crippen LogP contribution < -0.4 is 10.1 Å². The quantitative estimate of drug-likeness (QED) is 0.883. The number of ether oxygens (including phenoxy) is 1. The summed E-state index contributed by atoms with van der Waals surface area (Å²) in [7, 11) is 3.74. The number of hydrogen-bond acceptors (Lipinski definition) is 3. The van der Waals surface area contributed by atoms with Gasteiger partial charge in [0.05, 0.1) is 7.11 Å². The van der Waals surface area contributed by atoms with E-state index in [-0.39, 0.29) is 0 Å². The van der Waals surface area contributed by atoms with Crippen molar-refractivity contribution in [2.24, 2.45) is 0 Å². The van der Waals surface area contributed by atoms with Crippen molar-refractivity contribution in [1.82, 2.24) is 10.2 Å². The summed E-state index contributed by atoms with van der Waals surface area (Å²) < 4.78 is 5.51. The highest BCUT2D eigenvalue weighted by Gasteiger charge is 2.32. The molecule has 0 aromatic heterocycles. The van der Waals surface area contributed by atoms with E-state index in [1.807, 2.05) is 7.05 Å². The van der Waals surface area contributed by atoms with E-state index < -0.39 is 0 Å². The molecule has 0 spiro atoms. The monoisotopic (exact) mass is 262 g/mol. The lowest BCUT2D eigenvalue weighted by atomic mass is 10.0. The van der Waals surface area contributed by atoms with Gasteiger partial charge >= 0.3 is 0 Å². The van der Waals surface area contributed by atoms with E-state index in [4.69, 9.17) is 4.74 Å². The predicted molar refractivity (Wildman–Crippen MR) is 79.5 cm³/mol. The lowest BCUT2D eigenvalue weighted by molar-refractivity contribution is 0.165. The van der Waals surface area contributed by atoms with Crippen LogP contribution in [0.3, 0.4) is 0 Å². The molecule has 0 saturated carbocycles. The third-order valence-electron chi connectivity index (χ3n) is 4.16. The first-order chi connectivity index (χ1) is 9.06. The van der Waals surface area contributed by atoms with Gasteiger partial charge in [-0.3, -0.25) is 4.90 Å². The Morgan fingerprint density at radius 2 is 2.16 bits per heavy atom. The van der Waals surface area contributed by atoms with Crippen LogP contribution in [-0.2, 0) is 13.1 Å². The summed E-state index contributed by atoms with van der Waals surface area (Å²) in [5.41, 5.74) is 2.92. The smallest absolute Gasteiger partial charge is 0.123 e. The maximum absolute atomic E-state index is 5.51. The Kier molecular flexibility index (Phi) is 4.48. The van der Waals surface area contributed by atoms with Gasteiger partial charge < -0.3 is 10.1 Å². The fraction of sp³-hybridized carbons (Fsp3) is 0.625. The van der Waals surface area contributed by atoms with Crippen molar-refractivity contribution in [3.05, 3.63) is 29.3 Å². The van der Waals surface area contributed by atoms with Gasteiger partial charge in [-0.1, -0.05) is 6.07 Å². The summed E-state index contributed by atoms with van der Waals surface area (Å²) in [4.78, 5) is 2.56. The number of methoxy groups -OCH3 is 1. The number of nitrogens with zero attached hydrogens (tertiary/aromatic N) is 1. The fourth-order valence-corrected chi connectivity index (χ4v) is 2.93. The Morgan fingerprint density at radius 1 is 1.37 bits per heavy atom. The van der Waals surface area contributed by atoms with Gasteiger partial charge in [-0.15, -0.1) is 0 Å². The maximum atomic E-state index is 5.51. The number of benzene rings is 1. The molecule has 1 aromatic rings. The highest BCUT2D eigenvalue weighted by Crippen LogP contribution is 2.32. The average molecular weight is 262 g/mol. The summed E-state index contributed by atoms with van der Waals surface area (Å²) in [6.45, 7) is 7.74. The zero-order valence-corrected chi connectivity index (χ0v) is 12.6. The Labute approximate surface area is 116 Å². The molecule has 3 heteroatoms. The molecular weight excluding hydrogens is 236 g/mol. The number of hydrogen-bond donors (Lipinski definition) is 1. The van der Waals surface area contributed by atoms with E-state index in [0.29, 0.717) is 5.54 Å². The molecule has 3 nitrogen and oxygen atoms in total. The predicted octanol–water partition coefficient (Wildman–Crippen LogP) is 2.79. The molecule has 0 unspecified atom stereocenters. The van der Waals surface area contributed by atoms with E-state index in [9.17, 15) is 0 Å². The van der Waals surface area contributed by atoms with Gasteiger partial charge in [0.1, 0.15) is 5.75 Å². The zero-order chi connectivity index (χ0) is 13.9. The lowest BCUT2D eigenvalue weighted by Crippen LogP contribution is -2.37. The van der Waals surface area contributed by atoms with Gasteiger partial charge in [0, 0.05) is 24.2 Å². The summed E-state index contributed by atoms with van der Waals surface area (Å²) in [5.74, 6) is 1.00. The van der Waals surface area contributed by atoms with Crippen molar-refractivity contribution in [3.63, 3.8) is 0 Å². The molecule has 0 aliphatic carbocycles. The van der Waals surface area contributed by atoms with Gasteiger partial charge in [-0.05, 0) is 58.0 Å². The zero-order valence-electron chi connectivity index (χ0n) is 12.6. The van der Waals surface area contributed by atoms with Crippen LogP contribution in [0.2, 0.25) is 0 Å². The van der Waals surface area contributed by atoms with Crippen molar-refractivity contribution >= 4 is 0 Å². The highest BCUT2D eigenvalue weighted by atomic mass is 16.5. The largest absolute Gasteiger partial charge is 0.496 e. The standard InChI is InChI=1S/C16H26N2O/c1-16(2)8-5-9-18(16)12-14-10-13(11-17-3)6-7-15(14)19-4/h6-7,10,17H,5,8-9,11-12H2,1-4H3. The maximum Gasteiger partial charge on any atom is 0.123 e. The molecule has 19 heavy (non-hydrogen) atoms. The SMILES string of the molecule is CNCc1ccc(OC)c(CN2CCCC2(C)C)c1. The molecule has 1 saturated heterocycles. The van der Waals surface area contributed by atoms with Crippen LogP contribution >= 0.6 is 0 Å². The van der Waals surface area contributed by atoms with E-state index in [0.717, 1.165) is 18.8 Å². The van der Waals surface area contributed by atoms with Gasteiger partial charge in [0.25, 0.3) is 0 Å². The van der Waals surface area contributed by atoms with Crippen molar-refractivity contribution in [2.75, 3.05) is 20.7 Å². The van der Waals surface area contributed by atoms with E-state index >= 15 is 0 Å². The topological polar surface area (TPSA) is 24.5 Å². The molecule has 1 aliphatic heterocycles. The van der Waals surface area contributed by atoms with Crippen LogP contribution in [0.1, 0.15) is 37.8 Å². The molecule has 0 amide bonds. The van der Waals surface area contributed by atoms with Gasteiger partial charge in [0.15, 0.2) is 0 Å². The first-order valence-corrected chi connectivity index (χ1v) is 7.12. The third kappa shape index (κ3) is 3.28. The molecule has 0 radical (unpaired) electrons. The average Bonchev–Trinajstić information content (AvgIpc) is 2.70. The number of likely N-dealkylation sites (tertiary alicyclic amines) is 1. The van der Waals surface area contributed by atoms with Crippen molar-refractivity contribution < 1.29 is 4.74 Å². The highest BCUT2D eigenvalue weighted by molar-refractivity contribution is 5.37. The Morgan fingerprint density at radius 3 is 2.74 bits per heavy atom. The number of nitrogens with one attached hydrogen (secondary N) is 1. The van der Waals surface area contributed by atoms with Crippen LogP contribution in [0.5, 0.6) is 5.75 Å². The third-order valence-corrected chi connectivity index (χ3v) is 4.16. The number of rotatable bonds is 5. The Balaban J connectivity index is 2.19. The summed E-state index contributed by atoms with van der Waals surface area (Å²) in [6, 6.07) is 6.49. The van der Waals surface area contributed by atoms with Crippen LogP contribution in [0.4, 0.5) is 0 Å². The van der Waals surface area contributed by atoms with E-state index in [1.165, 1.54) is 30.5 Å². The van der Waals surface area contributed by atoms with Gasteiger partial charge in [0.2, 0.25) is 0 Å². The lowest BCUT2D eigenvalue weighted by Gasteiger charge is -2.32. The molecular formula is C16H26N2O. The Bertz CT molecular complexity index is 429. The minimum atomic E-state index is 0.310. The second kappa shape index (κ2) is 5.93. The summed E-state index contributed by atoms with van der Waals surface area (Å²) in [6.07, 6.45) is 2.58. The van der Waals surface area contributed by atoms with Crippen molar-refractivity contribution in [1.29, 1.82) is 0 Å². The molecule has 0 bridgehead atoms. The second-order valence-corrected chi connectivity index (χ2v) is 6.01. The molecule has 1 aliphatic rings. The first-order valence-electron chi connectivity index (χ1n) is 7.12. The minimum Gasteiger partial charge on any atom is -0.496 e. The normalized spacial score (nSPS) is 18.7. The molecule has 1 aromatic carbocycles. The molecule has 1 fully saturated rings. The van der Waals surface area contributed by atoms with Crippen molar-refractivity contribution in [2.45, 2.75) is 45.3 Å². The fourth-order valence-electron chi connectivity index (χ4n) is 2.93. The molecule has 1 N–H and O–H groups in total. The summed E-state index contributed by atoms with van der Waals surface area (Å²) >= 11 is 0. The summed E-state index contributed by atoms with van der Waals surface area (Å²) in [5, 5.41) is 3.20. The molecule has 2 rings (SSSR count). The van der Waals surface area contributed by atoms with Crippen LogP contribution in [-0.4, -0.2) is 31.1 Å². The van der Waals surface area contributed by atoms with Crippen LogP contribution in [0.25, 0.3) is 0 Å². The molecule has 106 valence electrons. The molecule has 0 atom stereocenters. The van der Waals surface area contributed by atoms with Crippen LogP contribution in [0.15, 0.2) is 18.2 Å². The van der Waals surface area contributed by atoms with E-state index in [2.05, 4.69) is 42.3 Å². The first kappa shape index (κ1) is 14.4. The van der Waals surface area contributed by atoms with Gasteiger partial charge in [-0.2, -0.15) is 0 Å². The van der Waals surface area contributed by atoms with Crippen molar-refractivity contribution in [3.8, 4) is 5.75 Å². The Hall–Kier alpha value is -1.06.